The maximum Gasteiger partial charge on any atom is 0.271 e. The Hall–Kier alpha value is -2.63. The molecule has 2 aromatic rings. The molecule has 6 heteroatoms. The van der Waals surface area contributed by atoms with Gasteiger partial charge in [0.25, 0.3) is 5.91 Å². The van der Waals surface area contributed by atoms with Crippen LogP contribution in [0.2, 0.25) is 0 Å². The summed E-state index contributed by atoms with van der Waals surface area (Å²) in [6.45, 7) is 0.502. The standard InChI is InChI=1S/C14H16N4O2/c1-20-11-4-2-3-10(7-11)5-6-17-14(19)12-8-16-9-13(15)18-12/h2-4,7-9H,5-6H2,1H3,(H2,15,18)(H,17,19). The van der Waals surface area contributed by atoms with Crippen LogP contribution in [0.15, 0.2) is 36.7 Å². The highest BCUT2D eigenvalue weighted by Crippen LogP contribution is 2.12. The van der Waals surface area contributed by atoms with Crippen LogP contribution in [0, 0.1) is 0 Å². The number of nitrogen functional groups attached to an aromatic ring is 1. The monoisotopic (exact) mass is 272 g/mol. The quantitative estimate of drug-likeness (QED) is 0.848. The first kappa shape index (κ1) is 13.8. The van der Waals surface area contributed by atoms with E-state index in [9.17, 15) is 4.79 Å². The van der Waals surface area contributed by atoms with Crippen molar-refractivity contribution in [3.63, 3.8) is 0 Å². The van der Waals surface area contributed by atoms with Crippen LogP contribution in [0.4, 0.5) is 5.82 Å². The van der Waals surface area contributed by atoms with Crippen LogP contribution >= 0.6 is 0 Å². The molecule has 0 saturated heterocycles. The third-order valence-corrected chi connectivity index (χ3v) is 2.72. The van der Waals surface area contributed by atoms with Crippen LogP contribution in [0.3, 0.4) is 0 Å². The van der Waals surface area contributed by atoms with Crippen LogP contribution in [-0.2, 0) is 6.42 Å². The van der Waals surface area contributed by atoms with Crippen molar-refractivity contribution in [3.8, 4) is 5.75 Å². The molecule has 0 spiro atoms. The summed E-state index contributed by atoms with van der Waals surface area (Å²) in [6.07, 6.45) is 3.49. The molecule has 0 unspecified atom stereocenters. The molecule has 0 saturated carbocycles. The van der Waals surface area contributed by atoms with E-state index in [0.717, 1.165) is 11.3 Å². The number of benzene rings is 1. The van der Waals surface area contributed by atoms with Gasteiger partial charge in [-0.25, -0.2) is 4.98 Å². The molecule has 6 nitrogen and oxygen atoms in total. The lowest BCUT2D eigenvalue weighted by atomic mass is 10.1. The van der Waals surface area contributed by atoms with E-state index in [0.29, 0.717) is 13.0 Å². The zero-order chi connectivity index (χ0) is 14.4. The first-order valence-corrected chi connectivity index (χ1v) is 6.17. The highest BCUT2D eigenvalue weighted by Gasteiger charge is 2.07. The Bertz CT molecular complexity index is 601. The third kappa shape index (κ3) is 3.68. The Morgan fingerprint density at radius 2 is 2.25 bits per heavy atom. The molecule has 0 fully saturated rings. The van der Waals surface area contributed by atoms with Gasteiger partial charge in [-0.15, -0.1) is 0 Å². The summed E-state index contributed by atoms with van der Waals surface area (Å²) >= 11 is 0. The average Bonchev–Trinajstić information content (AvgIpc) is 2.47. The molecule has 0 aliphatic rings. The number of carbonyl (C=O) groups excluding carboxylic acids is 1. The van der Waals surface area contributed by atoms with Crippen LogP contribution in [0.1, 0.15) is 16.1 Å². The van der Waals surface area contributed by atoms with Crippen molar-refractivity contribution in [2.24, 2.45) is 0 Å². The van der Waals surface area contributed by atoms with E-state index in [4.69, 9.17) is 10.5 Å². The van der Waals surface area contributed by atoms with Crippen molar-refractivity contribution in [2.45, 2.75) is 6.42 Å². The van der Waals surface area contributed by atoms with Crippen LogP contribution in [-0.4, -0.2) is 29.5 Å². The molecule has 0 atom stereocenters. The first-order valence-electron chi connectivity index (χ1n) is 6.17. The van der Waals surface area contributed by atoms with Gasteiger partial charge in [-0.3, -0.25) is 9.78 Å². The van der Waals surface area contributed by atoms with E-state index in [1.54, 1.807) is 7.11 Å². The maximum absolute atomic E-state index is 11.8. The molecule has 104 valence electrons. The van der Waals surface area contributed by atoms with Crippen LogP contribution in [0.25, 0.3) is 0 Å². The fraction of sp³-hybridized carbons (Fsp3) is 0.214. The minimum atomic E-state index is -0.285. The summed E-state index contributed by atoms with van der Waals surface area (Å²) in [7, 11) is 1.62. The van der Waals surface area contributed by atoms with Crippen molar-refractivity contribution in [1.82, 2.24) is 15.3 Å². The van der Waals surface area contributed by atoms with Gasteiger partial charge in [0.15, 0.2) is 0 Å². The zero-order valence-electron chi connectivity index (χ0n) is 11.2. The number of hydrogen-bond acceptors (Lipinski definition) is 5. The molecule has 1 aromatic carbocycles. The lowest BCUT2D eigenvalue weighted by Gasteiger charge is -2.06. The number of amides is 1. The smallest absolute Gasteiger partial charge is 0.271 e. The molecule has 1 heterocycles. The normalized spacial score (nSPS) is 10.1. The SMILES string of the molecule is COc1cccc(CCNC(=O)c2cncc(N)n2)c1. The number of ether oxygens (including phenoxy) is 1. The summed E-state index contributed by atoms with van der Waals surface area (Å²) in [5.41, 5.74) is 6.79. The minimum absolute atomic E-state index is 0.218. The molecule has 0 aliphatic carbocycles. The fourth-order valence-electron chi connectivity index (χ4n) is 1.73. The second-order valence-electron chi connectivity index (χ2n) is 4.19. The van der Waals surface area contributed by atoms with Crippen LogP contribution < -0.4 is 15.8 Å². The Labute approximate surface area is 117 Å². The van der Waals surface area contributed by atoms with Gasteiger partial charge in [-0.05, 0) is 24.1 Å². The Morgan fingerprint density at radius 1 is 1.40 bits per heavy atom. The number of hydrogen-bond donors (Lipinski definition) is 2. The summed E-state index contributed by atoms with van der Waals surface area (Å²) in [4.78, 5) is 19.6. The predicted molar refractivity (Wildman–Crippen MR) is 75.5 cm³/mol. The minimum Gasteiger partial charge on any atom is -0.497 e. The van der Waals surface area contributed by atoms with Gasteiger partial charge in [-0.2, -0.15) is 0 Å². The van der Waals surface area contributed by atoms with E-state index in [1.807, 2.05) is 24.3 Å². The highest BCUT2D eigenvalue weighted by atomic mass is 16.5. The third-order valence-electron chi connectivity index (χ3n) is 2.72. The number of methoxy groups -OCH3 is 1. The van der Waals surface area contributed by atoms with E-state index >= 15 is 0 Å². The zero-order valence-corrected chi connectivity index (χ0v) is 11.2. The highest BCUT2D eigenvalue weighted by molar-refractivity contribution is 5.92. The Balaban J connectivity index is 1.88. The first-order chi connectivity index (χ1) is 9.69. The summed E-state index contributed by atoms with van der Waals surface area (Å²) in [5.74, 6) is 0.744. The molecular formula is C14H16N4O2. The number of nitrogens with zero attached hydrogens (tertiary/aromatic N) is 2. The lowest BCUT2D eigenvalue weighted by Crippen LogP contribution is -2.26. The number of nitrogens with two attached hydrogens (primary N) is 1. The Morgan fingerprint density at radius 3 is 3.00 bits per heavy atom. The number of aromatic nitrogens is 2. The average molecular weight is 272 g/mol. The maximum atomic E-state index is 11.8. The van der Waals surface area contributed by atoms with Crippen LogP contribution in [0.5, 0.6) is 5.75 Å². The van der Waals surface area contributed by atoms with Crippen molar-refractivity contribution >= 4 is 11.7 Å². The molecule has 3 N–H and O–H groups in total. The van der Waals surface area contributed by atoms with E-state index in [2.05, 4.69) is 15.3 Å². The van der Waals surface area contributed by atoms with Gasteiger partial charge >= 0.3 is 0 Å². The molecule has 0 radical (unpaired) electrons. The Kier molecular flexibility index (Phi) is 4.49. The topological polar surface area (TPSA) is 90.1 Å². The number of anilines is 1. The van der Waals surface area contributed by atoms with Crippen molar-refractivity contribution in [3.05, 3.63) is 47.9 Å². The molecule has 1 amide bonds. The van der Waals surface area contributed by atoms with Gasteiger partial charge in [0.2, 0.25) is 0 Å². The largest absolute Gasteiger partial charge is 0.497 e. The fourth-order valence-corrected chi connectivity index (χ4v) is 1.73. The number of nitrogens with one attached hydrogen (secondary N) is 1. The van der Waals surface area contributed by atoms with Gasteiger partial charge in [0.1, 0.15) is 17.3 Å². The molecule has 2 rings (SSSR count). The molecule has 0 aliphatic heterocycles. The molecule has 1 aromatic heterocycles. The second kappa shape index (κ2) is 6.51. The van der Waals surface area contributed by atoms with E-state index in [1.165, 1.54) is 12.4 Å². The summed E-state index contributed by atoms with van der Waals surface area (Å²) in [5, 5.41) is 2.77. The van der Waals surface area contributed by atoms with Gasteiger partial charge in [0, 0.05) is 6.54 Å². The number of rotatable bonds is 5. The van der Waals surface area contributed by atoms with Crippen molar-refractivity contribution in [1.29, 1.82) is 0 Å². The predicted octanol–water partition coefficient (Wildman–Crippen LogP) is 1.04. The van der Waals surface area contributed by atoms with Gasteiger partial charge in [0.05, 0.1) is 19.5 Å². The molecular weight excluding hydrogens is 256 g/mol. The van der Waals surface area contributed by atoms with Crippen molar-refractivity contribution < 1.29 is 9.53 Å². The van der Waals surface area contributed by atoms with E-state index in [-0.39, 0.29) is 17.4 Å². The summed E-state index contributed by atoms with van der Waals surface area (Å²) < 4.78 is 5.15. The van der Waals surface area contributed by atoms with Gasteiger partial charge in [-0.1, -0.05) is 12.1 Å². The molecule has 0 bridgehead atoms. The van der Waals surface area contributed by atoms with Gasteiger partial charge < -0.3 is 15.8 Å². The second-order valence-corrected chi connectivity index (χ2v) is 4.19. The van der Waals surface area contributed by atoms with Crippen molar-refractivity contribution in [2.75, 3.05) is 19.4 Å². The summed E-state index contributed by atoms with van der Waals surface area (Å²) in [6, 6.07) is 7.71. The lowest BCUT2D eigenvalue weighted by molar-refractivity contribution is 0.0949. The van der Waals surface area contributed by atoms with E-state index < -0.39 is 0 Å². The molecule has 20 heavy (non-hydrogen) atoms. The number of carbonyl (C=O) groups is 1.